The average Bonchev–Trinajstić information content (AvgIpc) is 3.16. The number of halogens is 1. The zero-order valence-corrected chi connectivity index (χ0v) is 21.7. The van der Waals surface area contributed by atoms with Gasteiger partial charge >= 0.3 is 0 Å². The minimum Gasteiger partial charge on any atom is -0.493 e. The maximum atomic E-state index is 14.2. The van der Waals surface area contributed by atoms with Crippen LogP contribution in [0.4, 0.5) is 21.5 Å². The molecule has 190 valence electrons. The maximum absolute atomic E-state index is 14.2. The van der Waals surface area contributed by atoms with Gasteiger partial charge in [0.2, 0.25) is 11.0 Å². The second kappa shape index (κ2) is 10.7. The molecule has 1 aromatic heterocycles. The molecule has 0 unspecified atom stereocenters. The molecule has 0 saturated carbocycles. The Hall–Kier alpha value is -3.82. The Kier molecular flexibility index (Phi) is 7.16. The molecule has 0 radical (unpaired) electrons. The molecule has 9 heteroatoms. The maximum Gasteiger partial charge on any atom is 0.225 e. The van der Waals surface area contributed by atoms with E-state index in [0.717, 1.165) is 53.9 Å². The number of fused-ring (bicyclic) bond motifs is 1. The molecule has 3 N–H and O–H groups in total. The zero-order chi connectivity index (χ0) is 25.9. The van der Waals surface area contributed by atoms with E-state index in [1.165, 1.54) is 11.0 Å². The van der Waals surface area contributed by atoms with Gasteiger partial charge in [-0.3, -0.25) is 4.57 Å². The van der Waals surface area contributed by atoms with E-state index in [2.05, 4.69) is 20.4 Å². The van der Waals surface area contributed by atoms with Crippen LogP contribution >= 0.6 is 12.2 Å². The van der Waals surface area contributed by atoms with Crippen LogP contribution in [0.3, 0.4) is 0 Å². The Morgan fingerprint density at radius 1 is 1.00 bits per heavy atom. The fourth-order valence-electron chi connectivity index (χ4n) is 4.92. The normalized spacial score (nSPS) is 14.5. The summed E-state index contributed by atoms with van der Waals surface area (Å²) in [4.78, 5) is 3.37. The predicted octanol–water partition coefficient (Wildman–Crippen LogP) is 4.95. The van der Waals surface area contributed by atoms with Crippen LogP contribution in [0.2, 0.25) is 0 Å². The average molecular weight is 518 g/mol. The molecule has 37 heavy (non-hydrogen) atoms. The van der Waals surface area contributed by atoms with Gasteiger partial charge in [-0.05, 0) is 55.4 Å². The number of anilines is 2. The van der Waals surface area contributed by atoms with Gasteiger partial charge in [0, 0.05) is 11.1 Å². The number of azo groups is 1. The fourth-order valence-corrected chi connectivity index (χ4v) is 5.07. The number of rotatable bonds is 5. The quantitative estimate of drug-likeness (QED) is 0.259. The van der Waals surface area contributed by atoms with Crippen molar-refractivity contribution in [3.63, 3.8) is 0 Å². The molecule has 0 spiro atoms. The lowest BCUT2D eigenvalue weighted by Crippen LogP contribution is -3.14. The van der Waals surface area contributed by atoms with E-state index in [4.69, 9.17) is 12.2 Å². The van der Waals surface area contributed by atoms with Crippen LogP contribution in [0.15, 0.2) is 77.0 Å². The fraction of sp³-hybridized carbons (Fsp3) is 0.250. The Balaban J connectivity index is 1.33. The van der Waals surface area contributed by atoms with Crippen LogP contribution in [0.25, 0.3) is 10.9 Å². The third kappa shape index (κ3) is 5.19. The summed E-state index contributed by atoms with van der Waals surface area (Å²) >= 11 is 5.42. The molecule has 1 aliphatic heterocycles. The topological polar surface area (TPSA) is 69.6 Å². The number of nitrogens with one attached hydrogen (secondary N) is 2. The summed E-state index contributed by atoms with van der Waals surface area (Å²) in [5, 5.41) is 23.9. The minimum absolute atomic E-state index is 0.0591. The second-order valence-corrected chi connectivity index (χ2v) is 9.75. The summed E-state index contributed by atoms with van der Waals surface area (Å²) in [6.07, 6.45) is 0. The number of nitrogens with zero attached hydrogens (tertiary/aromatic N) is 4. The summed E-state index contributed by atoms with van der Waals surface area (Å²) in [6.45, 7) is 7.70. The standard InChI is InChI=1S/C28H29FN6OS/c1-19-8-7-9-20(2)25(19)30-28(37)32-31-26-21-10-3-5-12-23(21)35(27(26)36)18-33-14-16-34(17-15-33)24-13-6-4-11-22(24)29/h3-13,36H,14-18H2,1-2H3,(H,30,37)/p+1. The molecule has 0 bridgehead atoms. The Bertz CT molecular complexity index is 1450. The van der Waals surface area contributed by atoms with Gasteiger partial charge in [-0.2, -0.15) is 0 Å². The molecule has 3 aromatic carbocycles. The number of thiocarbonyl (C=S) groups is 1. The monoisotopic (exact) mass is 517 g/mol. The highest BCUT2D eigenvalue weighted by molar-refractivity contribution is 7.80. The molecule has 0 aliphatic carbocycles. The van der Waals surface area contributed by atoms with Crippen molar-refractivity contribution in [2.45, 2.75) is 20.5 Å². The first-order valence-electron chi connectivity index (χ1n) is 12.3. The van der Waals surface area contributed by atoms with Crippen LogP contribution in [-0.2, 0) is 6.67 Å². The van der Waals surface area contributed by atoms with E-state index < -0.39 is 0 Å². The predicted molar refractivity (Wildman–Crippen MR) is 150 cm³/mol. The highest BCUT2D eigenvalue weighted by Crippen LogP contribution is 2.38. The lowest BCUT2D eigenvalue weighted by Gasteiger charge is -2.34. The van der Waals surface area contributed by atoms with Crippen molar-refractivity contribution in [2.75, 3.05) is 36.4 Å². The van der Waals surface area contributed by atoms with Gasteiger partial charge in [0.05, 0.1) is 37.4 Å². The number of piperazine rings is 1. The second-order valence-electron chi connectivity index (χ2n) is 9.36. The summed E-state index contributed by atoms with van der Waals surface area (Å²) in [5.41, 5.74) is 4.96. The zero-order valence-electron chi connectivity index (χ0n) is 20.9. The van der Waals surface area contributed by atoms with Crippen LogP contribution < -0.4 is 15.1 Å². The number of aromatic nitrogens is 1. The first-order valence-corrected chi connectivity index (χ1v) is 12.8. The molecule has 2 heterocycles. The number of benzene rings is 3. The molecule has 0 amide bonds. The summed E-state index contributed by atoms with van der Waals surface area (Å²) in [6, 6.07) is 20.7. The Labute approximate surface area is 220 Å². The van der Waals surface area contributed by atoms with Gasteiger partial charge in [-0.15, -0.1) is 10.2 Å². The smallest absolute Gasteiger partial charge is 0.225 e. The molecular weight excluding hydrogens is 487 g/mol. The summed E-state index contributed by atoms with van der Waals surface area (Å²) in [7, 11) is 0. The van der Waals surface area contributed by atoms with Crippen LogP contribution in [0, 0.1) is 19.7 Å². The highest BCUT2D eigenvalue weighted by atomic mass is 32.1. The van der Waals surface area contributed by atoms with Crippen LogP contribution in [-0.4, -0.2) is 41.0 Å². The molecule has 0 atom stereocenters. The number of aryl methyl sites for hydroxylation is 2. The van der Waals surface area contributed by atoms with Crippen molar-refractivity contribution in [2.24, 2.45) is 10.2 Å². The van der Waals surface area contributed by atoms with E-state index in [1.54, 1.807) is 6.07 Å². The van der Waals surface area contributed by atoms with Crippen molar-refractivity contribution < 1.29 is 14.4 Å². The molecule has 1 aliphatic rings. The minimum atomic E-state index is -0.194. The van der Waals surface area contributed by atoms with Gasteiger partial charge in [0.25, 0.3) is 0 Å². The van der Waals surface area contributed by atoms with Gasteiger partial charge in [-0.25, -0.2) is 4.39 Å². The van der Waals surface area contributed by atoms with Crippen molar-refractivity contribution in [3.05, 3.63) is 83.7 Å². The third-order valence-corrected chi connectivity index (χ3v) is 7.10. The first kappa shape index (κ1) is 24.9. The van der Waals surface area contributed by atoms with E-state index in [0.29, 0.717) is 18.0 Å². The largest absolute Gasteiger partial charge is 0.493 e. The summed E-state index contributed by atoms with van der Waals surface area (Å²) in [5.74, 6) is -0.135. The molecule has 1 fully saturated rings. The first-order chi connectivity index (χ1) is 17.9. The number of hydrogen-bond donors (Lipinski definition) is 3. The Morgan fingerprint density at radius 2 is 1.68 bits per heavy atom. The van der Waals surface area contributed by atoms with Gasteiger partial charge in [0.1, 0.15) is 5.82 Å². The van der Waals surface area contributed by atoms with Gasteiger partial charge in [-0.1, -0.05) is 48.5 Å². The van der Waals surface area contributed by atoms with Gasteiger partial charge in [0.15, 0.2) is 12.4 Å². The van der Waals surface area contributed by atoms with Crippen molar-refractivity contribution >= 4 is 45.3 Å². The Morgan fingerprint density at radius 3 is 2.41 bits per heavy atom. The van der Waals surface area contributed by atoms with Crippen LogP contribution in [0.1, 0.15) is 11.1 Å². The lowest BCUT2D eigenvalue weighted by molar-refractivity contribution is -0.923. The highest BCUT2D eigenvalue weighted by Gasteiger charge is 2.25. The summed E-state index contributed by atoms with van der Waals surface area (Å²) < 4.78 is 16.1. The van der Waals surface area contributed by atoms with E-state index in [1.807, 2.05) is 73.0 Å². The van der Waals surface area contributed by atoms with Gasteiger partial charge < -0.3 is 20.2 Å². The number of quaternary nitrogens is 1. The molecule has 4 aromatic rings. The molecular formula is C28H30FN6OS+. The van der Waals surface area contributed by atoms with Crippen LogP contribution in [0.5, 0.6) is 5.88 Å². The van der Waals surface area contributed by atoms with Crippen molar-refractivity contribution in [1.29, 1.82) is 0 Å². The lowest BCUT2D eigenvalue weighted by atomic mass is 10.1. The molecule has 1 saturated heterocycles. The van der Waals surface area contributed by atoms with Crippen molar-refractivity contribution in [3.8, 4) is 5.88 Å². The molecule has 5 rings (SSSR count). The van der Waals surface area contributed by atoms with Crippen molar-refractivity contribution in [1.82, 2.24) is 4.57 Å². The molecule has 7 nitrogen and oxygen atoms in total. The van der Waals surface area contributed by atoms with E-state index >= 15 is 0 Å². The number of hydrogen-bond acceptors (Lipinski definition) is 4. The number of para-hydroxylation sites is 3. The third-order valence-electron chi connectivity index (χ3n) is 6.92. The van der Waals surface area contributed by atoms with E-state index in [-0.39, 0.29) is 16.8 Å². The number of aromatic hydroxyl groups is 1. The van der Waals surface area contributed by atoms with E-state index in [9.17, 15) is 9.50 Å². The SMILES string of the molecule is Cc1cccc(C)c1NC(=S)N=Nc1c(O)n(C[NH+]2CCN(c3ccccc3F)CC2)c2ccccc12.